The molecule has 1 N–H and O–H groups in total. The molecular formula is C13H20O4. The van der Waals surface area contributed by atoms with Gasteiger partial charge in [-0.1, -0.05) is 0 Å². The summed E-state index contributed by atoms with van der Waals surface area (Å²) in [6, 6.07) is 0. The molecule has 96 valence electrons. The maximum absolute atomic E-state index is 11.7. The van der Waals surface area contributed by atoms with Crippen LogP contribution in [0.15, 0.2) is 0 Å². The van der Waals surface area contributed by atoms with Crippen LogP contribution >= 0.6 is 0 Å². The van der Waals surface area contributed by atoms with Gasteiger partial charge in [-0.25, -0.2) is 0 Å². The quantitative estimate of drug-likeness (QED) is 0.812. The molecule has 3 atom stereocenters. The van der Waals surface area contributed by atoms with Gasteiger partial charge < -0.3 is 14.6 Å². The molecule has 0 aromatic rings. The van der Waals surface area contributed by atoms with E-state index in [9.17, 15) is 9.90 Å². The van der Waals surface area contributed by atoms with Gasteiger partial charge in [-0.05, 0) is 43.9 Å². The van der Waals surface area contributed by atoms with Crippen molar-refractivity contribution in [2.45, 2.75) is 38.2 Å². The summed E-state index contributed by atoms with van der Waals surface area (Å²) in [6.45, 7) is 2.13. The minimum atomic E-state index is -0.654. The van der Waals surface area contributed by atoms with Gasteiger partial charge in [0.2, 0.25) is 0 Å². The van der Waals surface area contributed by atoms with E-state index in [1.807, 2.05) is 0 Å². The number of carboxylic acid groups (broad SMARTS) is 1. The monoisotopic (exact) mass is 240 g/mol. The van der Waals surface area contributed by atoms with Gasteiger partial charge in [0.1, 0.15) is 0 Å². The molecule has 3 fully saturated rings. The zero-order chi connectivity index (χ0) is 11.9. The minimum Gasteiger partial charge on any atom is -0.481 e. The minimum absolute atomic E-state index is 0.0411. The number of carbonyl (C=O) groups is 1. The molecule has 0 aromatic carbocycles. The SMILES string of the molecule is O=C(O)C1(CC2CCOC2)CCOC1C1CC1. The molecule has 0 bridgehead atoms. The Morgan fingerprint density at radius 1 is 1.29 bits per heavy atom. The number of carboxylic acids is 1. The summed E-state index contributed by atoms with van der Waals surface area (Å²) in [5.41, 5.74) is -0.625. The molecule has 1 saturated carbocycles. The van der Waals surface area contributed by atoms with Gasteiger partial charge in [0.25, 0.3) is 0 Å². The van der Waals surface area contributed by atoms with Crippen molar-refractivity contribution >= 4 is 5.97 Å². The van der Waals surface area contributed by atoms with Crippen molar-refractivity contribution in [2.24, 2.45) is 17.3 Å². The Kier molecular flexibility index (Phi) is 2.87. The second kappa shape index (κ2) is 4.25. The largest absolute Gasteiger partial charge is 0.481 e. The molecule has 2 aliphatic heterocycles. The summed E-state index contributed by atoms with van der Waals surface area (Å²) in [6.07, 6.45) is 4.66. The number of hydrogen-bond donors (Lipinski definition) is 1. The first kappa shape index (κ1) is 11.5. The van der Waals surface area contributed by atoms with Crippen molar-refractivity contribution in [1.29, 1.82) is 0 Å². The highest BCUT2D eigenvalue weighted by Crippen LogP contribution is 2.51. The van der Waals surface area contributed by atoms with E-state index in [1.54, 1.807) is 0 Å². The fraction of sp³-hybridized carbons (Fsp3) is 0.923. The third-order valence-corrected chi connectivity index (χ3v) is 4.54. The first-order valence-corrected chi connectivity index (χ1v) is 6.65. The van der Waals surface area contributed by atoms with E-state index >= 15 is 0 Å². The fourth-order valence-corrected chi connectivity index (χ4v) is 3.45. The predicted octanol–water partition coefficient (Wildman–Crippen LogP) is 1.68. The fourth-order valence-electron chi connectivity index (χ4n) is 3.45. The van der Waals surface area contributed by atoms with Crippen LogP contribution in [0.3, 0.4) is 0 Å². The van der Waals surface area contributed by atoms with Crippen LogP contribution in [0.1, 0.15) is 32.1 Å². The van der Waals surface area contributed by atoms with Crippen LogP contribution in [0.5, 0.6) is 0 Å². The molecule has 0 amide bonds. The predicted molar refractivity (Wildman–Crippen MR) is 60.7 cm³/mol. The second-order valence-electron chi connectivity index (χ2n) is 5.77. The number of ether oxygens (including phenoxy) is 2. The first-order valence-electron chi connectivity index (χ1n) is 6.65. The van der Waals surface area contributed by atoms with Gasteiger partial charge >= 0.3 is 5.97 Å². The maximum atomic E-state index is 11.7. The van der Waals surface area contributed by atoms with Crippen molar-refractivity contribution in [3.8, 4) is 0 Å². The summed E-state index contributed by atoms with van der Waals surface area (Å²) in [5, 5.41) is 9.65. The van der Waals surface area contributed by atoms with Gasteiger partial charge in [0, 0.05) is 19.8 Å². The van der Waals surface area contributed by atoms with E-state index in [2.05, 4.69) is 0 Å². The lowest BCUT2D eigenvalue weighted by Crippen LogP contribution is -2.42. The van der Waals surface area contributed by atoms with Crippen molar-refractivity contribution in [3.63, 3.8) is 0 Å². The number of aliphatic carboxylic acids is 1. The Balaban J connectivity index is 1.78. The van der Waals surface area contributed by atoms with E-state index in [-0.39, 0.29) is 6.10 Å². The van der Waals surface area contributed by atoms with Crippen LogP contribution in [-0.2, 0) is 14.3 Å². The highest BCUT2D eigenvalue weighted by atomic mass is 16.5. The average molecular weight is 240 g/mol. The van der Waals surface area contributed by atoms with E-state index < -0.39 is 11.4 Å². The Morgan fingerprint density at radius 2 is 2.12 bits per heavy atom. The summed E-state index contributed by atoms with van der Waals surface area (Å²) in [5.74, 6) is 0.253. The highest BCUT2D eigenvalue weighted by Gasteiger charge is 2.56. The summed E-state index contributed by atoms with van der Waals surface area (Å²) >= 11 is 0. The average Bonchev–Trinajstić information content (AvgIpc) is 2.86. The van der Waals surface area contributed by atoms with Gasteiger partial charge in [-0.3, -0.25) is 4.79 Å². The molecule has 17 heavy (non-hydrogen) atoms. The smallest absolute Gasteiger partial charge is 0.312 e. The van der Waals surface area contributed by atoms with Crippen molar-refractivity contribution in [3.05, 3.63) is 0 Å². The number of rotatable bonds is 4. The lowest BCUT2D eigenvalue weighted by atomic mass is 9.72. The van der Waals surface area contributed by atoms with Crippen LogP contribution < -0.4 is 0 Å². The lowest BCUT2D eigenvalue weighted by molar-refractivity contribution is -0.154. The van der Waals surface area contributed by atoms with Gasteiger partial charge in [-0.2, -0.15) is 0 Å². The van der Waals surface area contributed by atoms with E-state index in [4.69, 9.17) is 9.47 Å². The van der Waals surface area contributed by atoms with Crippen LogP contribution in [0.4, 0.5) is 0 Å². The molecule has 0 spiro atoms. The molecular weight excluding hydrogens is 220 g/mol. The third kappa shape index (κ3) is 1.97. The van der Waals surface area contributed by atoms with Crippen molar-refractivity contribution in [2.75, 3.05) is 19.8 Å². The number of hydrogen-bond acceptors (Lipinski definition) is 3. The third-order valence-electron chi connectivity index (χ3n) is 4.54. The van der Waals surface area contributed by atoms with Crippen molar-refractivity contribution < 1.29 is 19.4 Å². The van der Waals surface area contributed by atoms with Crippen LogP contribution in [-0.4, -0.2) is 37.0 Å². The van der Waals surface area contributed by atoms with Crippen LogP contribution in [0.2, 0.25) is 0 Å². The zero-order valence-corrected chi connectivity index (χ0v) is 10.1. The highest BCUT2D eigenvalue weighted by molar-refractivity contribution is 5.76. The second-order valence-corrected chi connectivity index (χ2v) is 5.77. The summed E-state index contributed by atoms with van der Waals surface area (Å²) < 4.78 is 11.1. The lowest BCUT2D eigenvalue weighted by Gasteiger charge is -2.31. The molecule has 2 heterocycles. The maximum Gasteiger partial charge on any atom is 0.312 e. The Labute approximate surface area is 101 Å². The molecule has 3 aliphatic rings. The van der Waals surface area contributed by atoms with Gasteiger partial charge in [0.15, 0.2) is 0 Å². The summed E-state index contributed by atoms with van der Waals surface area (Å²) in [4.78, 5) is 11.7. The molecule has 4 nitrogen and oxygen atoms in total. The van der Waals surface area contributed by atoms with Crippen LogP contribution in [0.25, 0.3) is 0 Å². The molecule has 0 radical (unpaired) electrons. The molecule has 3 unspecified atom stereocenters. The standard InChI is InChI=1S/C13H20O4/c14-12(15)13(7-9-3-5-16-8-9)4-6-17-11(13)10-1-2-10/h9-11H,1-8H2,(H,14,15). The Morgan fingerprint density at radius 3 is 2.71 bits per heavy atom. The van der Waals surface area contributed by atoms with E-state index in [1.165, 1.54) is 0 Å². The van der Waals surface area contributed by atoms with E-state index in [0.29, 0.717) is 24.9 Å². The Hall–Kier alpha value is -0.610. The topological polar surface area (TPSA) is 55.8 Å². The van der Waals surface area contributed by atoms with Gasteiger partial charge in [0.05, 0.1) is 11.5 Å². The van der Waals surface area contributed by atoms with Crippen LogP contribution in [0, 0.1) is 17.3 Å². The molecule has 4 heteroatoms. The molecule has 0 aromatic heterocycles. The van der Waals surface area contributed by atoms with Crippen molar-refractivity contribution in [1.82, 2.24) is 0 Å². The summed E-state index contributed by atoms with van der Waals surface area (Å²) in [7, 11) is 0. The molecule has 1 aliphatic carbocycles. The first-order chi connectivity index (χ1) is 8.22. The van der Waals surface area contributed by atoms with E-state index in [0.717, 1.165) is 38.9 Å². The molecule has 3 rings (SSSR count). The Bertz CT molecular complexity index is 307. The van der Waals surface area contributed by atoms with Gasteiger partial charge in [-0.15, -0.1) is 0 Å². The zero-order valence-electron chi connectivity index (χ0n) is 10.1. The molecule has 2 saturated heterocycles. The normalized spacial score (nSPS) is 41.9.